The molecule has 1 saturated heterocycles. The molecule has 7 heteroatoms. The molecule has 7 nitrogen and oxygen atoms in total. The highest BCUT2D eigenvalue weighted by Crippen LogP contribution is 2.28. The molecule has 0 saturated carbocycles. The van der Waals surface area contributed by atoms with Gasteiger partial charge in [0.25, 0.3) is 0 Å². The van der Waals surface area contributed by atoms with Crippen molar-refractivity contribution in [1.82, 2.24) is 29.2 Å². The van der Waals surface area contributed by atoms with Gasteiger partial charge >= 0.3 is 0 Å². The molecular weight excluding hydrogens is 352 g/mol. The molecule has 1 amide bonds. The summed E-state index contributed by atoms with van der Waals surface area (Å²) in [5, 5.41) is 4.26. The molecule has 0 aliphatic carbocycles. The lowest BCUT2D eigenvalue weighted by Gasteiger charge is -2.34. The predicted molar refractivity (Wildman–Crippen MR) is 106 cm³/mol. The largest absolute Gasteiger partial charge is 0.341 e. The van der Waals surface area contributed by atoms with Gasteiger partial charge in [0, 0.05) is 50.0 Å². The Bertz CT molecular complexity index is 881. The number of amides is 1. The predicted octanol–water partition coefficient (Wildman–Crippen LogP) is 2.88. The number of hydrogen-bond acceptors (Lipinski definition) is 4. The molecule has 3 aromatic heterocycles. The average molecular weight is 378 g/mol. The molecule has 146 valence electrons. The van der Waals surface area contributed by atoms with Crippen LogP contribution >= 0.6 is 0 Å². The maximum absolute atomic E-state index is 13.0. The Labute approximate surface area is 165 Å². The molecule has 3 aromatic rings. The number of pyridine rings is 1. The van der Waals surface area contributed by atoms with Gasteiger partial charge in [0.15, 0.2) is 0 Å². The summed E-state index contributed by atoms with van der Waals surface area (Å²) in [4.78, 5) is 24.0. The van der Waals surface area contributed by atoms with Crippen LogP contribution < -0.4 is 0 Å². The van der Waals surface area contributed by atoms with E-state index >= 15 is 0 Å². The second kappa shape index (κ2) is 8.37. The highest BCUT2D eigenvalue weighted by atomic mass is 16.2. The number of carbonyl (C=O) groups is 1. The molecule has 28 heavy (non-hydrogen) atoms. The minimum atomic E-state index is -0.210. The van der Waals surface area contributed by atoms with Gasteiger partial charge in [-0.15, -0.1) is 0 Å². The van der Waals surface area contributed by atoms with Crippen LogP contribution in [0.3, 0.4) is 0 Å². The molecule has 1 aliphatic rings. The first kappa shape index (κ1) is 18.4. The third-order valence-corrected chi connectivity index (χ3v) is 5.49. The topological polar surface area (TPSA) is 68.8 Å². The molecule has 1 atom stereocenters. The number of carbonyl (C=O) groups excluding carboxylic acids is 1. The Kier molecular flexibility index (Phi) is 5.50. The number of piperidine rings is 1. The van der Waals surface area contributed by atoms with Crippen LogP contribution in [0.4, 0.5) is 0 Å². The van der Waals surface area contributed by atoms with Crippen LogP contribution in [0.25, 0.3) is 0 Å². The molecule has 1 fully saturated rings. The van der Waals surface area contributed by atoms with Crippen molar-refractivity contribution in [3.63, 3.8) is 0 Å². The summed E-state index contributed by atoms with van der Waals surface area (Å²) in [6, 6.07) is 7.62. The van der Waals surface area contributed by atoms with Crippen LogP contribution in [0.5, 0.6) is 0 Å². The molecule has 4 rings (SSSR count). The zero-order chi connectivity index (χ0) is 19.3. The Morgan fingerprint density at radius 3 is 2.64 bits per heavy atom. The lowest BCUT2D eigenvalue weighted by Crippen LogP contribution is -2.42. The summed E-state index contributed by atoms with van der Waals surface area (Å²) in [5.74, 6) is 1.63. The van der Waals surface area contributed by atoms with Crippen molar-refractivity contribution in [3.8, 4) is 0 Å². The maximum Gasteiger partial charge on any atom is 0.247 e. The summed E-state index contributed by atoms with van der Waals surface area (Å²) in [6.07, 6.45) is 11.9. The standard InChI is InChI=1S/C21H26N6O/c1-2-19(27-12-5-10-24-27)21(28)25-13-7-17(8-14-25)20-23-11-15-26(20)16-18-6-3-4-9-22-18/h3-6,9-12,15,17,19H,2,7-8,13-14,16H2,1H3/t19-/m1/s1. The number of hydrogen-bond donors (Lipinski definition) is 0. The minimum Gasteiger partial charge on any atom is -0.341 e. The van der Waals surface area contributed by atoms with Crippen molar-refractivity contribution in [1.29, 1.82) is 0 Å². The third-order valence-electron chi connectivity index (χ3n) is 5.49. The summed E-state index contributed by atoms with van der Waals surface area (Å²) in [6.45, 7) is 4.29. The Balaban J connectivity index is 1.40. The van der Waals surface area contributed by atoms with E-state index in [0.29, 0.717) is 5.92 Å². The lowest BCUT2D eigenvalue weighted by molar-refractivity contribution is -0.136. The number of rotatable bonds is 6. The van der Waals surface area contributed by atoms with Gasteiger partial charge in [-0.2, -0.15) is 5.10 Å². The van der Waals surface area contributed by atoms with Crippen molar-refractivity contribution < 1.29 is 4.79 Å². The van der Waals surface area contributed by atoms with E-state index in [1.54, 1.807) is 10.9 Å². The van der Waals surface area contributed by atoms with Gasteiger partial charge in [-0.05, 0) is 37.5 Å². The van der Waals surface area contributed by atoms with E-state index < -0.39 is 0 Å². The second-order valence-electron chi connectivity index (χ2n) is 7.24. The molecule has 0 radical (unpaired) electrons. The van der Waals surface area contributed by atoms with Gasteiger partial charge in [-0.25, -0.2) is 4.98 Å². The van der Waals surface area contributed by atoms with Gasteiger partial charge in [0.2, 0.25) is 5.91 Å². The Morgan fingerprint density at radius 2 is 1.96 bits per heavy atom. The van der Waals surface area contributed by atoms with Crippen molar-refractivity contribution in [3.05, 3.63) is 66.8 Å². The molecular formula is C21H26N6O. The fourth-order valence-corrected chi connectivity index (χ4v) is 3.99. The molecule has 0 unspecified atom stereocenters. The van der Waals surface area contributed by atoms with Crippen LogP contribution in [0.2, 0.25) is 0 Å². The van der Waals surface area contributed by atoms with Gasteiger partial charge < -0.3 is 9.47 Å². The molecule has 0 N–H and O–H groups in total. The monoisotopic (exact) mass is 378 g/mol. The van der Waals surface area contributed by atoms with E-state index in [0.717, 1.165) is 50.4 Å². The van der Waals surface area contributed by atoms with Crippen LogP contribution in [0.1, 0.15) is 49.7 Å². The van der Waals surface area contributed by atoms with E-state index in [9.17, 15) is 4.79 Å². The zero-order valence-electron chi connectivity index (χ0n) is 16.2. The average Bonchev–Trinajstić information content (AvgIpc) is 3.42. The first-order valence-electron chi connectivity index (χ1n) is 9.95. The van der Waals surface area contributed by atoms with E-state index in [-0.39, 0.29) is 11.9 Å². The molecule has 4 heterocycles. The quantitative estimate of drug-likeness (QED) is 0.661. The first-order chi connectivity index (χ1) is 13.8. The number of likely N-dealkylation sites (tertiary alicyclic amines) is 1. The van der Waals surface area contributed by atoms with Crippen molar-refractivity contribution in [2.24, 2.45) is 0 Å². The third kappa shape index (κ3) is 3.83. The van der Waals surface area contributed by atoms with Crippen molar-refractivity contribution in [2.45, 2.75) is 44.7 Å². The fourth-order valence-electron chi connectivity index (χ4n) is 3.99. The van der Waals surface area contributed by atoms with E-state index in [4.69, 9.17) is 0 Å². The molecule has 0 aromatic carbocycles. The summed E-state index contributed by atoms with van der Waals surface area (Å²) in [5.41, 5.74) is 1.03. The second-order valence-corrected chi connectivity index (χ2v) is 7.24. The van der Waals surface area contributed by atoms with Crippen LogP contribution in [0.15, 0.2) is 55.2 Å². The number of imidazole rings is 1. The number of aromatic nitrogens is 5. The van der Waals surface area contributed by atoms with Gasteiger partial charge in [-0.1, -0.05) is 13.0 Å². The smallest absolute Gasteiger partial charge is 0.247 e. The normalized spacial score (nSPS) is 16.2. The SMILES string of the molecule is CC[C@H](C(=O)N1CCC(c2nccn2Cc2ccccn2)CC1)n1cccn1. The fraction of sp³-hybridized carbons (Fsp3) is 0.429. The molecule has 0 bridgehead atoms. The Hall–Kier alpha value is -2.96. The van der Waals surface area contributed by atoms with E-state index in [1.807, 2.05) is 60.9 Å². The highest BCUT2D eigenvalue weighted by Gasteiger charge is 2.30. The van der Waals surface area contributed by atoms with Crippen LogP contribution in [0, 0.1) is 0 Å². The van der Waals surface area contributed by atoms with E-state index in [2.05, 4.69) is 19.6 Å². The molecule has 1 aliphatic heterocycles. The maximum atomic E-state index is 13.0. The first-order valence-corrected chi connectivity index (χ1v) is 9.95. The van der Waals surface area contributed by atoms with Crippen LogP contribution in [-0.4, -0.2) is 48.2 Å². The summed E-state index contributed by atoms with van der Waals surface area (Å²) < 4.78 is 3.96. The van der Waals surface area contributed by atoms with Gasteiger partial charge in [0.1, 0.15) is 11.9 Å². The lowest BCUT2D eigenvalue weighted by atomic mass is 9.95. The molecule has 0 spiro atoms. The van der Waals surface area contributed by atoms with Gasteiger partial charge in [0.05, 0.1) is 12.2 Å². The number of nitrogens with zero attached hydrogens (tertiary/aromatic N) is 6. The van der Waals surface area contributed by atoms with Gasteiger partial charge in [-0.3, -0.25) is 14.5 Å². The highest BCUT2D eigenvalue weighted by molar-refractivity contribution is 5.80. The summed E-state index contributed by atoms with van der Waals surface area (Å²) in [7, 11) is 0. The van der Waals surface area contributed by atoms with Crippen molar-refractivity contribution in [2.75, 3.05) is 13.1 Å². The van der Waals surface area contributed by atoms with Crippen molar-refractivity contribution >= 4 is 5.91 Å². The zero-order valence-corrected chi connectivity index (χ0v) is 16.2. The van der Waals surface area contributed by atoms with Crippen LogP contribution in [-0.2, 0) is 11.3 Å². The van der Waals surface area contributed by atoms with E-state index in [1.165, 1.54) is 0 Å². The summed E-state index contributed by atoms with van der Waals surface area (Å²) >= 11 is 0. The minimum absolute atomic E-state index is 0.168. The Morgan fingerprint density at radius 1 is 1.11 bits per heavy atom.